The van der Waals surface area contributed by atoms with Crippen LogP contribution in [0.5, 0.6) is 0 Å². The van der Waals surface area contributed by atoms with Gasteiger partial charge in [0.1, 0.15) is 6.17 Å². The molecule has 25 heavy (non-hydrogen) atoms. The molecule has 0 spiro atoms. The normalized spacial score (nSPS) is 24.6. The number of benzene rings is 1. The molecule has 2 rings (SSSR count). The quantitative estimate of drug-likeness (QED) is 0.822. The first-order valence-corrected chi connectivity index (χ1v) is 9.25. The Bertz CT molecular complexity index is 621. The molecule has 2 atom stereocenters. The summed E-state index contributed by atoms with van der Waals surface area (Å²) in [4.78, 5) is 30.1. The Morgan fingerprint density at radius 1 is 1.24 bits per heavy atom. The van der Waals surface area contributed by atoms with E-state index in [1.807, 2.05) is 49.2 Å². The summed E-state index contributed by atoms with van der Waals surface area (Å²) < 4.78 is 0. The maximum Gasteiger partial charge on any atom is 0.255 e. The van der Waals surface area contributed by atoms with Gasteiger partial charge in [0.05, 0.1) is 5.41 Å². The number of hydrogen-bond donors (Lipinski definition) is 0. The van der Waals surface area contributed by atoms with Gasteiger partial charge >= 0.3 is 0 Å². The second kappa shape index (κ2) is 7.19. The van der Waals surface area contributed by atoms with Crippen molar-refractivity contribution in [3.8, 4) is 0 Å². The molecule has 0 aliphatic carbocycles. The van der Waals surface area contributed by atoms with Crippen LogP contribution in [0.4, 0.5) is 0 Å². The van der Waals surface area contributed by atoms with Gasteiger partial charge in [-0.3, -0.25) is 9.59 Å². The fourth-order valence-corrected chi connectivity index (χ4v) is 4.01. The Labute approximate surface area is 152 Å². The van der Waals surface area contributed by atoms with Crippen molar-refractivity contribution >= 4 is 11.8 Å². The lowest BCUT2D eigenvalue weighted by atomic mass is 9.77. The summed E-state index contributed by atoms with van der Waals surface area (Å²) in [6.07, 6.45) is 2.59. The van der Waals surface area contributed by atoms with Crippen LogP contribution in [-0.4, -0.2) is 41.4 Å². The van der Waals surface area contributed by atoms with Gasteiger partial charge in [0, 0.05) is 24.6 Å². The largest absolute Gasteiger partial charge is 0.324 e. The predicted octanol–water partition coefficient (Wildman–Crippen LogP) is 4.17. The fourth-order valence-electron chi connectivity index (χ4n) is 4.01. The molecular formula is C21H32N2O2. The highest BCUT2D eigenvalue weighted by Gasteiger charge is 2.50. The molecule has 1 saturated heterocycles. The molecule has 1 aliphatic rings. The van der Waals surface area contributed by atoms with Crippen molar-refractivity contribution in [2.75, 3.05) is 13.6 Å². The van der Waals surface area contributed by atoms with Crippen molar-refractivity contribution in [3.63, 3.8) is 0 Å². The maximum absolute atomic E-state index is 13.3. The van der Waals surface area contributed by atoms with Gasteiger partial charge in [0.2, 0.25) is 5.91 Å². The Kier molecular flexibility index (Phi) is 5.60. The van der Waals surface area contributed by atoms with Crippen LogP contribution in [0.3, 0.4) is 0 Å². The monoisotopic (exact) mass is 344 g/mol. The molecule has 4 heteroatoms. The third-order valence-corrected chi connectivity index (χ3v) is 5.16. The summed E-state index contributed by atoms with van der Waals surface area (Å²) in [6.45, 7) is 10.9. The van der Waals surface area contributed by atoms with Gasteiger partial charge in [0.15, 0.2) is 0 Å². The summed E-state index contributed by atoms with van der Waals surface area (Å²) in [7, 11) is 1.84. The van der Waals surface area contributed by atoms with E-state index in [-0.39, 0.29) is 23.4 Å². The van der Waals surface area contributed by atoms with E-state index < -0.39 is 5.41 Å². The van der Waals surface area contributed by atoms with Crippen molar-refractivity contribution in [2.45, 2.75) is 60.0 Å². The molecule has 2 unspecified atom stereocenters. The second-order valence-electron chi connectivity index (χ2n) is 8.62. The Hall–Kier alpha value is -1.84. The van der Waals surface area contributed by atoms with E-state index in [4.69, 9.17) is 0 Å². The minimum absolute atomic E-state index is 0.00241. The number of hydrogen-bond acceptors (Lipinski definition) is 2. The molecule has 0 bridgehead atoms. The van der Waals surface area contributed by atoms with Crippen molar-refractivity contribution in [1.82, 2.24) is 9.80 Å². The van der Waals surface area contributed by atoms with Crippen LogP contribution in [-0.2, 0) is 4.79 Å². The van der Waals surface area contributed by atoms with Crippen molar-refractivity contribution in [2.24, 2.45) is 10.8 Å². The average Bonchev–Trinajstić information content (AvgIpc) is 2.56. The zero-order valence-corrected chi connectivity index (χ0v) is 16.5. The van der Waals surface area contributed by atoms with E-state index >= 15 is 0 Å². The summed E-state index contributed by atoms with van der Waals surface area (Å²) in [5.74, 6) is 0.153. The van der Waals surface area contributed by atoms with Crippen LogP contribution in [0.1, 0.15) is 64.2 Å². The Morgan fingerprint density at radius 3 is 2.36 bits per heavy atom. The summed E-state index contributed by atoms with van der Waals surface area (Å²) in [6, 6.07) is 9.38. The molecule has 2 amide bonds. The molecular weight excluding hydrogens is 312 g/mol. The van der Waals surface area contributed by atoms with E-state index in [0.29, 0.717) is 12.1 Å². The Balaban J connectivity index is 2.43. The molecule has 1 heterocycles. The Morgan fingerprint density at radius 2 is 1.84 bits per heavy atom. The van der Waals surface area contributed by atoms with Gasteiger partial charge in [0.25, 0.3) is 5.91 Å². The first-order valence-electron chi connectivity index (χ1n) is 9.25. The number of amides is 2. The zero-order valence-electron chi connectivity index (χ0n) is 16.5. The summed E-state index contributed by atoms with van der Waals surface area (Å²) in [5.41, 5.74) is -0.0601. The van der Waals surface area contributed by atoms with Crippen LogP contribution >= 0.6 is 0 Å². The van der Waals surface area contributed by atoms with Gasteiger partial charge in [-0.25, -0.2) is 0 Å². The number of carbonyl (C=O) groups excluding carboxylic acids is 2. The minimum Gasteiger partial charge on any atom is -0.324 e. The molecule has 1 fully saturated rings. The van der Waals surface area contributed by atoms with Crippen LogP contribution in [0.25, 0.3) is 0 Å². The van der Waals surface area contributed by atoms with Crippen LogP contribution in [0.15, 0.2) is 30.3 Å². The number of nitrogens with zero attached hydrogens (tertiary/aromatic N) is 2. The maximum atomic E-state index is 13.3. The molecule has 0 radical (unpaired) electrons. The lowest BCUT2D eigenvalue weighted by Gasteiger charge is -2.54. The average molecular weight is 344 g/mol. The van der Waals surface area contributed by atoms with Crippen molar-refractivity contribution < 1.29 is 9.59 Å². The highest BCUT2D eigenvalue weighted by atomic mass is 16.2. The first kappa shape index (κ1) is 19.5. The fraction of sp³-hybridized carbons (Fsp3) is 0.619. The van der Waals surface area contributed by atoms with Crippen LogP contribution < -0.4 is 0 Å². The van der Waals surface area contributed by atoms with Gasteiger partial charge in [-0.1, -0.05) is 58.7 Å². The number of unbranched alkanes of at least 4 members (excludes halogenated alkanes) is 1. The van der Waals surface area contributed by atoms with E-state index in [0.717, 1.165) is 19.3 Å². The van der Waals surface area contributed by atoms with Crippen molar-refractivity contribution in [1.29, 1.82) is 0 Å². The van der Waals surface area contributed by atoms with Gasteiger partial charge in [-0.05, 0) is 25.5 Å². The third kappa shape index (κ3) is 3.88. The number of rotatable bonds is 4. The lowest BCUT2D eigenvalue weighted by Crippen LogP contribution is -2.67. The number of carbonyl (C=O) groups is 2. The topological polar surface area (TPSA) is 40.6 Å². The molecule has 1 aromatic carbocycles. The smallest absolute Gasteiger partial charge is 0.255 e. The van der Waals surface area contributed by atoms with E-state index in [2.05, 4.69) is 27.7 Å². The molecule has 0 saturated carbocycles. The molecule has 0 aromatic heterocycles. The minimum atomic E-state index is -0.517. The zero-order chi connectivity index (χ0) is 18.8. The second-order valence-corrected chi connectivity index (χ2v) is 8.62. The van der Waals surface area contributed by atoms with Crippen LogP contribution in [0.2, 0.25) is 0 Å². The standard InChI is InChI=1S/C21H32N2O2/c1-7-8-14-21(5)15-23(17(24)16-12-10-9-11-13-16)18(20(2,3)4)22(6)19(21)25/h9-13,18H,7-8,14-15H2,1-6H3. The van der Waals surface area contributed by atoms with E-state index in [9.17, 15) is 9.59 Å². The molecule has 4 nitrogen and oxygen atoms in total. The third-order valence-electron chi connectivity index (χ3n) is 5.16. The van der Waals surface area contributed by atoms with Gasteiger partial charge in [-0.15, -0.1) is 0 Å². The van der Waals surface area contributed by atoms with Gasteiger partial charge < -0.3 is 9.80 Å². The van der Waals surface area contributed by atoms with E-state index in [1.54, 1.807) is 4.90 Å². The molecule has 0 N–H and O–H groups in total. The highest BCUT2D eigenvalue weighted by Crippen LogP contribution is 2.39. The van der Waals surface area contributed by atoms with Crippen LogP contribution in [0, 0.1) is 10.8 Å². The molecule has 1 aliphatic heterocycles. The highest BCUT2D eigenvalue weighted by molar-refractivity contribution is 5.96. The molecule has 138 valence electrons. The predicted molar refractivity (Wildman–Crippen MR) is 101 cm³/mol. The summed E-state index contributed by atoms with van der Waals surface area (Å²) >= 11 is 0. The van der Waals surface area contributed by atoms with E-state index in [1.165, 1.54) is 0 Å². The lowest BCUT2D eigenvalue weighted by molar-refractivity contribution is -0.162. The first-order chi connectivity index (χ1) is 11.6. The van der Waals surface area contributed by atoms with Gasteiger partial charge in [-0.2, -0.15) is 0 Å². The van der Waals surface area contributed by atoms with Crippen molar-refractivity contribution in [3.05, 3.63) is 35.9 Å². The SMILES string of the molecule is CCCCC1(C)CN(C(=O)c2ccccc2)C(C(C)(C)C)N(C)C1=O. The molecule has 1 aromatic rings. The summed E-state index contributed by atoms with van der Waals surface area (Å²) in [5, 5.41) is 0.